The summed E-state index contributed by atoms with van der Waals surface area (Å²) < 4.78 is 5.23. The Balaban J connectivity index is 1.64. The minimum atomic E-state index is -0.106. The van der Waals surface area contributed by atoms with Crippen LogP contribution in [0.25, 0.3) is 11.3 Å². The van der Waals surface area contributed by atoms with E-state index in [1.54, 1.807) is 6.26 Å². The second kappa shape index (κ2) is 5.67. The van der Waals surface area contributed by atoms with Gasteiger partial charge in [-0.2, -0.15) is 0 Å². The summed E-state index contributed by atoms with van der Waals surface area (Å²) in [4.78, 5) is 4.32. The molecule has 2 N–H and O–H groups in total. The standard InChI is InChI=1S/C16H20N2O2/c1-11-17-16(10-20-11)12-2-4-13(5-3-12)18-14-6-8-15(19)9-7-14/h2-5,10,14-15,18-19H,6-9H2,1H3. The third-order valence-corrected chi connectivity index (χ3v) is 3.87. The highest BCUT2D eigenvalue weighted by Crippen LogP contribution is 2.24. The van der Waals surface area contributed by atoms with E-state index in [0.29, 0.717) is 11.9 Å². The van der Waals surface area contributed by atoms with Crippen molar-refractivity contribution in [2.75, 3.05) is 5.32 Å². The van der Waals surface area contributed by atoms with Crippen molar-refractivity contribution in [3.05, 3.63) is 36.4 Å². The van der Waals surface area contributed by atoms with E-state index in [1.807, 2.05) is 6.92 Å². The molecule has 1 aromatic heterocycles. The SMILES string of the molecule is Cc1nc(-c2ccc(NC3CCC(O)CC3)cc2)co1. The van der Waals surface area contributed by atoms with E-state index in [1.165, 1.54) is 0 Å². The molecule has 0 atom stereocenters. The van der Waals surface area contributed by atoms with Crippen LogP contribution in [-0.2, 0) is 0 Å². The maximum atomic E-state index is 9.51. The van der Waals surface area contributed by atoms with Crippen molar-refractivity contribution in [2.24, 2.45) is 0 Å². The van der Waals surface area contributed by atoms with Gasteiger partial charge in [0.25, 0.3) is 0 Å². The van der Waals surface area contributed by atoms with Crippen molar-refractivity contribution >= 4 is 5.69 Å². The zero-order chi connectivity index (χ0) is 13.9. The highest BCUT2D eigenvalue weighted by Gasteiger charge is 2.18. The molecular formula is C16H20N2O2. The van der Waals surface area contributed by atoms with Crippen molar-refractivity contribution in [3.63, 3.8) is 0 Å². The lowest BCUT2D eigenvalue weighted by Crippen LogP contribution is -2.28. The lowest BCUT2D eigenvalue weighted by Gasteiger charge is -2.27. The molecule has 1 aliphatic carbocycles. The van der Waals surface area contributed by atoms with Crippen molar-refractivity contribution < 1.29 is 9.52 Å². The van der Waals surface area contributed by atoms with Gasteiger partial charge in [0, 0.05) is 24.2 Å². The number of hydrogen-bond donors (Lipinski definition) is 2. The second-order valence-corrected chi connectivity index (χ2v) is 5.48. The number of aliphatic hydroxyl groups is 1. The third-order valence-electron chi connectivity index (χ3n) is 3.87. The molecule has 0 radical (unpaired) electrons. The van der Waals surface area contributed by atoms with Gasteiger partial charge in [0.05, 0.1) is 6.10 Å². The Morgan fingerprint density at radius 2 is 1.85 bits per heavy atom. The molecule has 2 aromatic rings. The summed E-state index contributed by atoms with van der Waals surface area (Å²) >= 11 is 0. The number of rotatable bonds is 3. The first kappa shape index (κ1) is 13.2. The topological polar surface area (TPSA) is 58.3 Å². The Morgan fingerprint density at radius 3 is 2.45 bits per heavy atom. The second-order valence-electron chi connectivity index (χ2n) is 5.48. The Hall–Kier alpha value is -1.81. The van der Waals surface area contributed by atoms with Gasteiger partial charge in [0.1, 0.15) is 12.0 Å². The Morgan fingerprint density at radius 1 is 1.15 bits per heavy atom. The van der Waals surface area contributed by atoms with Gasteiger partial charge in [0.15, 0.2) is 5.89 Å². The Labute approximate surface area is 118 Å². The van der Waals surface area contributed by atoms with Gasteiger partial charge in [-0.1, -0.05) is 12.1 Å². The van der Waals surface area contributed by atoms with Crippen molar-refractivity contribution in [2.45, 2.75) is 44.8 Å². The van der Waals surface area contributed by atoms with Crippen LogP contribution in [0, 0.1) is 6.92 Å². The van der Waals surface area contributed by atoms with Crippen molar-refractivity contribution in [1.82, 2.24) is 4.98 Å². The molecule has 0 unspecified atom stereocenters. The molecule has 0 aliphatic heterocycles. The maximum Gasteiger partial charge on any atom is 0.191 e. The molecular weight excluding hydrogens is 252 g/mol. The monoisotopic (exact) mass is 272 g/mol. The van der Waals surface area contributed by atoms with Gasteiger partial charge in [-0.25, -0.2) is 4.98 Å². The van der Waals surface area contributed by atoms with Crippen LogP contribution in [0.1, 0.15) is 31.6 Å². The first-order valence-electron chi connectivity index (χ1n) is 7.18. The molecule has 1 fully saturated rings. The van der Waals surface area contributed by atoms with E-state index < -0.39 is 0 Å². The van der Waals surface area contributed by atoms with E-state index in [0.717, 1.165) is 42.6 Å². The van der Waals surface area contributed by atoms with Crippen LogP contribution in [0.4, 0.5) is 5.69 Å². The van der Waals surface area contributed by atoms with Crippen LogP contribution in [-0.4, -0.2) is 22.2 Å². The first-order valence-corrected chi connectivity index (χ1v) is 7.18. The number of aliphatic hydroxyl groups excluding tert-OH is 1. The van der Waals surface area contributed by atoms with Crippen LogP contribution in [0.3, 0.4) is 0 Å². The summed E-state index contributed by atoms with van der Waals surface area (Å²) in [5.74, 6) is 0.683. The molecule has 0 amide bonds. The van der Waals surface area contributed by atoms with E-state index in [4.69, 9.17) is 4.42 Å². The summed E-state index contributed by atoms with van der Waals surface area (Å²) in [6.45, 7) is 1.84. The number of hydrogen-bond acceptors (Lipinski definition) is 4. The van der Waals surface area contributed by atoms with Crippen molar-refractivity contribution in [1.29, 1.82) is 0 Å². The molecule has 1 aromatic carbocycles. The fourth-order valence-electron chi connectivity index (χ4n) is 2.69. The number of aromatic nitrogens is 1. The fourth-order valence-corrected chi connectivity index (χ4v) is 2.69. The Bertz CT molecular complexity index is 554. The summed E-state index contributed by atoms with van der Waals surface area (Å²) in [6.07, 6.45) is 5.43. The van der Waals surface area contributed by atoms with Crippen LogP contribution >= 0.6 is 0 Å². The molecule has 0 spiro atoms. The number of oxazole rings is 1. The maximum absolute atomic E-state index is 9.51. The summed E-state index contributed by atoms with van der Waals surface area (Å²) in [5, 5.41) is 13.0. The van der Waals surface area contributed by atoms with Crippen LogP contribution in [0.2, 0.25) is 0 Å². The number of nitrogens with zero attached hydrogens (tertiary/aromatic N) is 1. The summed E-state index contributed by atoms with van der Waals surface area (Å²) in [7, 11) is 0. The van der Waals surface area contributed by atoms with Crippen LogP contribution < -0.4 is 5.32 Å². The van der Waals surface area contributed by atoms with Crippen LogP contribution in [0.5, 0.6) is 0 Å². The van der Waals surface area contributed by atoms with Gasteiger partial charge >= 0.3 is 0 Å². The van der Waals surface area contributed by atoms with Gasteiger partial charge < -0.3 is 14.8 Å². The highest BCUT2D eigenvalue weighted by atomic mass is 16.3. The number of anilines is 1. The average Bonchev–Trinajstić information content (AvgIpc) is 2.89. The minimum absolute atomic E-state index is 0.106. The summed E-state index contributed by atoms with van der Waals surface area (Å²) in [5.41, 5.74) is 3.05. The Kier molecular flexibility index (Phi) is 3.74. The molecule has 0 saturated heterocycles. The molecule has 1 heterocycles. The molecule has 106 valence electrons. The largest absolute Gasteiger partial charge is 0.449 e. The van der Waals surface area contributed by atoms with E-state index in [-0.39, 0.29) is 6.10 Å². The van der Waals surface area contributed by atoms with E-state index in [2.05, 4.69) is 34.6 Å². The zero-order valence-corrected chi connectivity index (χ0v) is 11.7. The lowest BCUT2D eigenvalue weighted by atomic mass is 9.93. The molecule has 20 heavy (non-hydrogen) atoms. The molecule has 1 aliphatic rings. The smallest absolute Gasteiger partial charge is 0.191 e. The van der Waals surface area contributed by atoms with E-state index in [9.17, 15) is 5.11 Å². The number of nitrogens with one attached hydrogen (secondary N) is 1. The molecule has 1 saturated carbocycles. The predicted octanol–water partition coefficient (Wildman–Crippen LogP) is 3.37. The van der Waals surface area contributed by atoms with Gasteiger partial charge in [-0.3, -0.25) is 0 Å². The number of aryl methyl sites for hydroxylation is 1. The molecule has 4 nitrogen and oxygen atoms in total. The third kappa shape index (κ3) is 3.02. The van der Waals surface area contributed by atoms with Crippen molar-refractivity contribution in [3.8, 4) is 11.3 Å². The summed E-state index contributed by atoms with van der Waals surface area (Å²) in [6, 6.07) is 8.72. The minimum Gasteiger partial charge on any atom is -0.449 e. The van der Waals surface area contributed by atoms with Crippen LogP contribution in [0.15, 0.2) is 34.9 Å². The van der Waals surface area contributed by atoms with Gasteiger partial charge in [-0.05, 0) is 37.8 Å². The predicted molar refractivity (Wildman–Crippen MR) is 78.6 cm³/mol. The fraction of sp³-hybridized carbons (Fsp3) is 0.438. The molecule has 4 heteroatoms. The highest BCUT2D eigenvalue weighted by molar-refractivity contribution is 5.61. The quantitative estimate of drug-likeness (QED) is 0.899. The lowest BCUT2D eigenvalue weighted by molar-refractivity contribution is 0.126. The molecule has 0 bridgehead atoms. The molecule has 3 rings (SSSR count). The zero-order valence-electron chi connectivity index (χ0n) is 11.7. The van der Waals surface area contributed by atoms with Gasteiger partial charge in [-0.15, -0.1) is 0 Å². The van der Waals surface area contributed by atoms with Gasteiger partial charge in [0.2, 0.25) is 0 Å². The first-order chi connectivity index (χ1) is 9.70. The normalized spacial score (nSPS) is 22.7. The number of benzene rings is 1. The van der Waals surface area contributed by atoms with E-state index >= 15 is 0 Å². The average molecular weight is 272 g/mol.